The van der Waals surface area contributed by atoms with Crippen molar-refractivity contribution in [2.24, 2.45) is 0 Å². The van der Waals surface area contributed by atoms with E-state index in [1.807, 2.05) is 31.4 Å². The third-order valence-corrected chi connectivity index (χ3v) is 3.99. The third-order valence-electron chi connectivity index (χ3n) is 3.99. The maximum Gasteiger partial charge on any atom is 0.222 e. The summed E-state index contributed by atoms with van der Waals surface area (Å²) in [4.78, 5) is 13.3. The number of aromatic amines is 1. The van der Waals surface area contributed by atoms with E-state index in [9.17, 15) is 4.79 Å². The second-order valence-electron chi connectivity index (χ2n) is 5.53. The van der Waals surface area contributed by atoms with Crippen molar-refractivity contribution in [2.75, 3.05) is 13.6 Å². The van der Waals surface area contributed by atoms with Gasteiger partial charge in [0.1, 0.15) is 0 Å². The number of amides is 1. The van der Waals surface area contributed by atoms with Crippen molar-refractivity contribution in [1.29, 1.82) is 0 Å². The minimum atomic E-state index is 0.237. The van der Waals surface area contributed by atoms with E-state index >= 15 is 0 Å². The first-order chi connectivity index (χ1) is 10.2. The Balaban J connectivity index is 1.64. The standard InChI is InChI=1S/C16H20N4O/c1-20-11-14(7-8-15(20)21)17-9-13-10-18-19-16(13)12-5-3-2-4-6-12/h2-6,10,14,17H,7-9,11H2,1H3,(H,18,19). The van der Waals surface area contributed by atoms with E-state index in [1.54, 1.807) is 4.90 Å². The lowest BCUT2D eigenvalue weighted by Gasteiger charge is -2.30. The Hall–Kier alpha value is -2.14. The molecular formula is C16H20N4O. The molecule has 1 aromatic carbocycles. The Kier molecular flexibility index (Phi) is 4.01. The first kappa shape index (κ1) is 13.8. The van der Waals surface area contributed by atoms with Gasteiger partial charge in [-0.1, -0.05) is 30.3 Å². The van der Waals surface area contributed by atoms with Gasteiger partial charge < -0.3 is 10.2 Å². The van der Waals surface area contributed by atoms with Crippen molar-refractivity contribution >= 4 is 5.91 Å². The van der Waals surface area contributed by atoms with Gasteiger partial charge in [-0.3, -0.25) is 9.89 Å². The molecule has 0 spiro atoms. The lowest BCUT2D eigenvalue weighted by molar-refractivity contribution is -0.132. The average molecular weight is 284 g/mol. The molecule has 5 heteroatoms. The Morgan fingerprint density at radius 2 is 2.19 bits per heavy atom. The highest BCUT2D eigenvalue weighted by atomic mass is 16.2. The quantitative estimate of drug-likeness (QED) is 0.900. The fraction of sp³-hybridized carbons (Fsp3) is 0.375. The zero-order valence-corrected chi connectivity index (χ0v) is 12.2. The van der Waals surface area contributed by atoms with Gasteiger partial charge in [0.15, 0.2) is 0 Å². The lowest BCUT2D eigenvalue weighted by atomic mass is 10.0. The molecule has 5 nitrogen and oxygen atoms in total. The van der Waals surface area contributed by atoms with Crippen LogP contribution in [0.3, 0.4) is 0 Å². The summed E-state index contributed by atoms with van der Waals surface area (Å²) in [5.74, 6) is 0.237. The molecule has 1 amide bonds. The molecule has 0 aliphatic carbocycles. The summed E-state index contributed by atoms with van der Waals surface area (Å²) in [5.41, 5.74) is 3.35. The molecule has 1 saturated heterocycles. The molecule has 0 radical (unpaired) electrons. The number of benzene rings is 1. The van der Waals surface area contributed by atoms with E-state index < -0.39 is 0 Å². The number of piperidine rings is 1. The average Bonchev–Trinajstić information content (AvgIpc) is 2.98. The van der Waals surface area contributed by atoms with E-state index in [2.05, 4.69) is 27.6 Å². The maximum atomic E-state index is 11.5. The van der Waals surface area contributed by atoms with Crippen LogP contribution in [-0.4, -0.2) is 40.6 Å². The first-order valence-electron chi connectivity index (χ1n) is 7.29. The van der Waals surface area contributed by atoms with Gasteiger partial charge in [-0.25, -0.2) is 0 Å². The van der Waals surface area contributed by atoms with Crippen LogP contribution in [0.25, 0.3) is 11.3 Å². The molecule has 0 bridgehead atoms. The van der Waals surface area contributed by atoms with Crippen molar-refractivity contribution < 1.29 is 4.79 Å². The van der Waals surface area contributed by atoms with Crippen LogP contribution in [0.1, 0.15) is 18.4 Å². The highest BCUT2D eigenvalue weighted by Crippen LogP contribution is 2.21. The molecule has 1 aromatic heterocycles. The second-order valence-corrected chi connectivity index (χ2v) is 5.53. The smallest absolute Gasteiger partial charge is 0.222 e. The maximum absolute atomic E-state index is 11.5. The molecule has 3 rings (SSSR count). The number of carbonyl (C=O) groups excluding carboxylic acids is 1. The molecule has 0 saturated carbocycles. The Morgan fingerprint density at radius 1 is 1.38 bits per heavy atom. The monoisotopic (exact) mass is 284 g/mol. The van der Waals surface area contributed by atoms with Crippen LogP contribution in [-0.2, 0) is 11.3 Å². The molecular weight excluding hydrogens is 264 g/mol. The molecule has 21 heavy (non-hydrogen) atoms. The molecule has 1 aliphatic rings. The van der Waals surface area contributed by atoms with E-state index in [1.165, 1.54) is 0 Å². The summed E-state index contributed by atoms with van der Waals surface area (Å²) in [5, 5.41) is 10.8. The predicted octanol–water partition coefficient (Wildman–Crippen LogP) is 1.79. The Labute approximate surface area is 124 Å². The van der Waals surface area contributed by atoms with Gasteiger partial charge >= 0.3 is 0 Å². The van der Waals surface area contributed by atoms with Gasteiger partial charge in [0, 0.05) is 38.2 Å². The van der Waals surface area contributed by atoms with E-state index in [0.29, 0.717) is 12.5 Å². The third kappa shape index (κ3) is 3.13. The summed E-state index contributed by atoms with van der Waals surface area (Å²) in [6.07, 6.45) is 3.40. The molecule has 1 aliphatic heterocycles. The van der Waals surface area contributed by atoms with Crippen molar-refractivity contribution in [3.8, 4) is 11.3 Å². The number of hydrogen-bond acceptors (Lipinski definition) is 3. The second kappa shape index (κ2) is 6.10. The number of nitrogens with zero attached hydrogens (tertiary/aromatic N) is 2. The number of rotatable bonds is 4. The van der Waals surface area contributed by atoms with Crippen LogP contribution in [0.15, 0.2) is 36.5 Å². The van der Waals surface area contributed by atoms with Gasteiger partial charge in [-0.05, 0) is 12.0 Å². The van der Waals surface area contributed by atoms with Crippen LogP contribution in [0.2, 0.25) is 0 Å². The minimum Gasteiger partial charge on any atom is -0.344 e. The van der Waals surface area contributed by atoms with Gasteiger partial charge in [0.05, 0.1) is 11.9 Å². The van der Waals surface area contributed by atoms with E-state index in [4.69, 9.17) is 0 Å². The van der Waals surface area contributed by atoms with Crippen molar-refractivity contribution in [2.45, 2.75) is 25.4 Å². The highest BCUT2D eigenvalue weighted by Gasteiger charge is 2.22. The summed E-state index contributed by atoms with van der Waals surface area (Å²) < 4.78 is 0. The first-order valence-corrected chi connectivity index (χ1v) is 7.29. The fourth-order valence-corrected chi connectivity index (χ4v) is 2.73. The number of likely N-dealkylation sites (tertiary alicyclic amines) is 1. The highest BCUT2D eigenvalue weighted by molar-refractivity contribution is 5.76. The topological polar surface area (TPSA) is 61.0 Å². The molecule has 2 heterocycles. The SMILES string of the molecule is CN1CC(NCc2cn[nH]c2-c2ccccc2)CCC1=O. The summed E-state index contributed by atoms with van der Waals surface area (Å²) in [6, 6.07) is 10.6. The molecule has 1 fully saturated rings. The summed E-state index contributed by atoms with van der Waals surface area (Å²) in [7, 11) is 1.86. The van der Waals surface area contributed by atoms with Gasteiger partial charge in [-0.15, -0.1) is 0 Å². The van der Waals surface area contributed by atoms with Crippen LogP contribution in [0.4, 0.5) is 0 Å². The zero-order chi connectivity index (χ0) is 14.7. The summed E-state index contributed by atoms with van der Waals surface area (Å²) in [6.45, 7) is 1.53. The predicted molar refractivity (Wildman–Crippen MR) is 81.5 cm³/mol. The number of hydrogen-bond donors (Lipinski definition) is 2. The lowest BCUT2D eigenvalue weighted by Crippen LogP contribution is -2.46. The minimum absolute atomic E-state index is 0.237. The van der Waals surface area contributed by atoms with Gasteiger partial charge in [-0.2, -0.15) is 5.10 Å². The van der Waals surface area contributed by atoms with Crippen LogP contribution in [0, 0.1) is 0 Å². The summed E-state index contributed by atoms with van der Waals surface area (Å²) >= 11 is 0. The molecule has 2 N–H and O–H groups in total. The Bertz CT molecular complexity index is 608. The van der Waals surface area contributed by atoms with E-state index in [-0.39, 0.29) is 5.91 Å². The molecule has 1 unspecified atom stereocenters. The number of nitrogens with one attached hydrogen (secondary N) is 2. The fourth-order valence-electron chi connectivity index (χ4n) is 2.73. The molecule has 110 valence electrons. The van der Waals surface area contributed by atoms with Gasteiger partial charge in [0.25, 0.3) is 0 Å². The largest absolute Gasteiger partial charge is 0.344 e. The number of carbonyl (C=O) groups is 1. The van der Waals surface area contributed by atoms with Crippen LogP contribution in [0.5, 0.6) is 0 Å². The molecule has 1 atom stereocenters. The van der Waals surface area contributed by atoms with Crippen LogP contribution < -0.4 is 5.32 Å². The van der Waals surface area contributed by atoms with Crippen molar-refractivity contribution in [1.82, 2.24) is 20.4 Å². The number of likely N-dealkylation sites (N-methyl/N-ethyl adjacent to an activating group) is 1. The van der Waals surface area contributed by atoms with Crippen LogP contribution >= 0.6 is 0 Å². The normalized spacial score (nSPS) is 19.0. The van der Waals surface area contributed by atoms with Crippen molar-refractivity contribution in [3.63, 3.8) is 0 Å². The van der Waals surface area contributed by atoms with Gasteiger partial charge in [0.2, 0.25) is 5.91 Å². The number of H-pyrrole nitrogens is 1. The molecule has 2 aromatic rings. The van der Waals surface area contributed by atoms with Crippen molar-refractivity contribution in [3.05, 3.63) is 42.1 Å². The Morgan fingerprint density at radius 3 is 2.95 bits per heavy atom. The van der Waals surface area contributed by atoms with E-state index in [0.717, 1.165) is 36.3 Å². The number of aromatic nitrogens is 2. The zero-order valence-electron chi connectivity index (χ0n) is 12.2.